The lowest BCUT2D eigenvalue weighted by atomic mass is 10.2. The van der Waals surface area contributed by atoms with Crippen molar-refractivity contribution in [2.75, 3.05) is 18.8 Å². The number of H-pyrrole nitrogens is 1. The fourth-order valence-electron chi connectivity index (χ4n) is 2.02. The number of nitrogens with one attached hydrogen (secondary N) is 1. The summed E-state index contributed by atoms with van der Waals surface area (Å²) in [5.74, 6) is -0.0876. The van der Waals surface area contributed by atoms with Gasteiger partial charge < -0.3 is 15.6 Å². The molecule has 0 fully saturated rings. The number of hydrogen-bond donors (Lipinski definition) is 2. The molecule has 2 rings (SSSR count). The highest BCUT2D eigenvalue weighted by Crippen LogP contribution is 2.21. The van der Waals surface area contributed by atoms with Crippen LogP contribution < -0.4 is 5.73 Å². The van der Waals surface area contributed by atoms with E-state index in [1.807, 2.05) is 18.2 Å². The Bertz CT molecular complexity index is 617. The Hall–Kier alpha value is -2.49. The van der Waals surface area contributed by atoms with Crippen LogP contribution in [0.25, 0.3) is 10.9 Å². The molecule has 0 aliphatic rings. The van der Waals surface area contributed by atoms with Gasteiger partial charge >= 0.3 is 0 Å². The summed E-state index contributed by atoms with van der Waals surface area (Å²) in [6, 6.07) is 7.40. The largest absolute Gasteiger partial charge is 0.397 e. The van der Waals surface area contributed by atoms with Gasteiger partial charge in [0.2, 0.25) is 0 Å². The molecule has 0 spiro atoms. The van der Waals surface area contributed by atoms with E-state index in [4.69, 9.17) is 5.73 Å². The van der Waals surface area contributed by atoms with E-state index in [-0.39, 0.29) is 5.91 Å². The molecule has 0 unspecified atom stereocenters. The van der Waals surface area contributed by atoms with E-state index in [0.29, 0.717) is 24.5 Å². The Morgan fingerprint density at radius 3 is 2.58 bits per heavy atom. The first-order valence-electron chi connectivity index (χ1n) is 6.05. The minimum absolute atomic E-state index is 0.0876. The highest BCUT2D eigenvalue weighted by molar-refractivity contribution is 6.00. The van der Waals surface area contributed by atoms with Crippen molar-refractivity contribution in [2.45, 2.75) is 0 Å². The molecule has 0 radical (unpaired) electrons. The van der Waals surface area contributed by atoms with Crippen molar-refractivity contribution in [3.8, 4) is 0 Å². The average Bonchev–Trinajstić information content (AvgIpc) is 2.83. The Kier molecular flexibility index (Phi) is 3.71. The van der Waals surface area contributed by atoms with Crippen LogP contribution in [0.2, 0.25) is 0 Å². The number of carbonyl (C=O) groups excluding carboxylic acids is 1. The number of benzene rings is 1. The van der Waals surface area contributed by atoms with E-state index < -0.39 is 0 Å². The van der Waals surface area contributed by atoms with Crippen LogP contribution in [0.4, 0.5) is 5.69 Å². The first-order valence-corrected chi connectivity index (χ1v) is 6.05. The molecule has 98 valence electrons. The zero-order valence-electron chi connectivity index (χ0n) is 10.7. The highest BCUT2D eigenvalue weighted by atomic mass is 16.2. The number of rotatable bonds is 5. The van der Waals surface area contributed by atoms with Gasteiger partial charge in [-0.25, -0.2) is 0 Å². The van der Waals surface area contributed by atoms with Crippen LogP contribution in [0.1, 0.15) is 10.5 Å². The second-order valence-electron chi connectivity index (χ2n) is 4.28. The summed E-state index contributed by atoms with van der Waals surface area (Å²) in [5.41, 5.74) is 7.83. The zero-order valence-corrected chi connectivity index (χ0v) is 10.7. The zero-order chi connectivity index (χ0) is 13.8. The molecule has 4 nitrogen and oxygen atoms in total. The van der Waals surface area contributed by atoms with Gasteiger partial charge in [-0.3, -0.25) is 4.79 Å². The van der Waals surface area contributed by atoms with Crippen molar-refractivity contribution in [3.05, 3.63) is 55.3 Å². The molecule has 1 amide bonds. The van der Waals surface area contributed by atoms with E-state index in [2.05, 4.69) is 18.1 Å². The molecule has 4 heteroatoms. The van der Waals surface area contributed by atoms with Crippen LogP contribution in [-0.4, -0.2) is 28.9 Å². The maximum absolute atomic E-state index is 12.4. The van der Waals surface area contributed by atoms with Crippen molar-refractivity contribution < 1.29 is 4.79 Å². The van der Waals surface area contributed by atoms with Gasteiger partial charge in [-0.1, -0.05) is 24.3 Å². The summed E-state index contributed by atoms with van der Waals surface area (Å²) in [5, 5.41) is 0.931. The molecule has 19 heavy (non-hydrogen) atoms. The van der Waals surface area contributed by atoms with Gasteiger partial charge in [0.1, 0.15) is 5.69 Å². The van der Waals surface area contributed by atoms with E-state index in [1.54, 1.807) is 23.1 Å². The number of fused-ring (bicyclic) bond motifs is 1. The van der Waals surface area contributed by atoms with Crippen molar-refractivity contribution in [1.29, 1.82) is 0 Å². The molecule has 2 aromatic rings. The van der Waals surface area contributed by atoms with Crippen LogP contribution in [0, 0.1) is 0 Å². The van der Waals surface area contributed by atoms with Crippen molar-refractivity contribution in [1.82, 2.24) is 9.88 Å². The molecule has 1 aromatic carbocycles. The number of aromatic nitrogens is 1. The van der Waals surface area contributed by atoms with Gasteiger partial charge in [0.25, 0.3) is 5.91 Å². The third kappa shape index (κ3) is 2.52. The summed E-state index contributed by atoms with van der Waals surface area (Å²) in [6.45, 7) is 8.28. The third-order valence-corrected chi connectivity index (χ3v) is 2.91. The van der Waals surface area contributed by atoms with Gasteiger partial charge in [0.05, 0.1) is 11.2 Å². The van der Waals surface area contributed by atoms with E-state index in [9.17, 15) is 4.79 Å². The number of nitrogens with zero attached hydrogens (tertiary/aromatic N) is 1. The van der Waals surface area contributed by atoms with Crippen LogP contribution in [0.3, 0.4) is 0 Å². The predicted octanol–water partition coefficient (Wildman–Crippen LogP) is 2.56. The Morgan fingerprint density at radius 1 is 1.32 bits per heavy atom. The smallest absolute Gasteiger partial charge is 0.270 e. The normalized spacial score (nSPS) is 10.3. The van der Waals surface area contributed by atoms with Crippen molar-refractivity contribution in [2.24, 2.45) is 0 Å². The minimum atomic E-state index is -0.0876. The molecule has 0 aliphatic heterocycles. The molecule has 0 atom stereocenters. The van der Waals surface area contributed by atoms with Gasteiger partial charge in [0, 0.05) is 18.5 Å². The number of aromatic amines is 1. The average molecular weight is 255 g/mol. The minimum Gasteiger partial charge on any atom is -0.397 e. The quantitative estimate of drug-likeness (QED) is 0.637. The van der Waals surface area contributed by atoms with Crippen LogP contribution in [-0.2, 0) is 0 Å². The second kappa shape index (κ2) is 5.44. The summed E-state index contributed by atoms with van der Waals surface area (Å²) >= 11 is 0. The molecule has 3 N–H and O–H groups in total. The summed E-state index contributed by atoms with van der Waals surface area (Å²) in [4.78, 5) is 17.1. The number of hydrogen-bond acceptors (Lipinski definition) is 2. The lowest BCUT2D eigenvalue weighted by molar-refractivity contribution is 0.0786. The molecule has 1 heterocycles. The summed E-state index contributed by atoms with van der Waals surface area (Å²) < 4.78 is 0. The maximum Gasteiger partial charge on any atom is 0.270 e. The van der Waals surface area contributed by atoms with Crippen LogP contribution >= 0.6 is 0 Å². The molecule has 0 aliphatic carbocycles. The predicted molar refractivity (Wildman–Crippen MR) is 79.0 cm³/mol. The van der Waals surface area contributed by atoms with Crippen LogP contribution in [0.5, 0.6) is 0 Å². The molecule has 0 saturated carbocycles. The van der Waals surface area contributed by atoms with Gasteiger partial charge in [0.15, 0.2) is 0 Å². The maximum atomic E-state index is 12.4. The number of anilines is 1. The van der Waals surface area contributed by atoms with E-state index >= 15 is 0 Å². The summed E-state index contributed by atoms with van der Waals surface area (Å²) in [7, 11) is 0. The van der Waals surface area contributed by atoms with Gasteiger partial charge in [-0.15, -0.1) is 13.2 Å². The molecule has 0 saturated heterocycles. The third-order valence-electron chi connectivity index (χ3n) is 2.91. The number of nitrogens with two attached hydrogens (primary N) is 1. The van der Waals surface area contributed by atoms with Crippen LogP contribution in [0.15, 0.2) is 49.6 Å². The highest BCUT2D eigenvalue weighted by Gasteiger charge is 2.16. The van der Waals surface area contributed by atoms with Gasteiger partial charge in [-0.05, 0) is 12.1 Å². The second-order valence-corrected chi connectivity index (χ2v) is 4.28. The fraction of sp³-hybridized carbons (Fsp3) is 0.133. The molecule has 0 bridgehead atoms. The number of nitrogen functional groups attached to an aromatic ring is 1. The first-order chi connectivity index (χ1) is 9.17. The van der Waals surface area contributed by atoms with Crippen molar-refractivity contribution >= 4 is 22.5 Å². The molecular weight excluding hydrogens is 238 g/mol. The Morgan fingerprint density at radius 2 is 2.00 bits per heavy atom. The standard InChI is InChI=1S/C15H17N3O/c1-3-8-18(9-4-2)15(19)13-10-11-6-5-7-12(16)14(11)17-13/h3-7,10,17H,1-2,8-9,16H2. The van der Waals surface area contributed by atoms with E-state index in [1.165, 1.54) is 0 Å². The topological polar surface area (TPSA) is 62.1 Å². The number of amides is 1. The van der Waals surface area contributed by atoms with E-state index in [0.717, 1.165) is 10.9 Å². The fourth-order valence-corrected chi connectivity index (χ4v) is 2.02. The lowest BCUT2D eigenvalue weighted by Gasteiger charge is -2.18. The number of carbonyl (C=O) groups is 1. The lowest BCUT2D eigenvalue weighted by Crippen LogP contribution is -2.31. The first kappa shape index (κ1) is 13.0. The molecular formula is C15H17N3O. The Labute approximate surface area is 112 Å². The monoisotopic (exact) mass is 255 g/mol. The SMILES string of the molecule is C=CCN(CC=C)C(=O)c1cc2cccc(N)c2[nH]1. The molecule has 1 aromatic heterocycles. The van der Waals surface area contributed by atoms with Crippen molar-refractivity contribution in [3.63, 3.8) is 0 Å². The Balaban J connectivity index is 2.37. The summed E-state index contributed by atoms with van der Waals surface area (Å²) in [6.07, 6.45) is 3.39. The number of para-hydroxylation sites is 1. The van der Waals surface area contributed by atoms with Gasteiger partial charge in [-0.2, -0.15) is 0 Å².